The van der Waals surface area contributed by atoms with Gasteiger partial charge in [-0.25, -0.2) is 0 Å². The van der Waals surface area contributed by atoms with Crippen LogP contribution in [0.1, 0.15) is 11.1 Å². The molecule has 2 nitrogen and oxygen atoms in total. The van der Waals surface area contributed by atoms with Crippen LogP contribution in [0.5, 0.6) is 0 Å². The first-order valence-electron chi connectivity index (χ1n) is 6.18. The van der Waals surface area contributed by atoms with Crippen molar-refractivity contribution in [2.24, 2.45) is 4.99 Å². The summed E-state index contributed by atoms with van der Waals surface area (Å²) in [5, 5.41) is 0. The number of nitrogens with zero attached hydrogens (tertiary/aromatic N) is 2. The number of anilines is 2. The molecule has 0 radical (unpaired) electrons. The van der Waals surface area contributed by atoms with Crippen LogP contribution in [0.3, 0.4) is 0 Å². The van der Waals surface area contributed by atoms with Crippen LogP contribution in [0.25, 0.3) is 0 Å². The molecule has 3 rings (SSSR count). The van der Waals surface area contributed by atoms with E-state index < -0.39 is 0 Å². The standard InChI is InChI=1S/C16H16N2/c1-17-14-11-12-7-3-5-9-15(12)18(2)16-10-6-4-8-13(14)16/h3-10H,11H2,1-2H3. The van der Waals surface area contributed by atoms with E-state index in [4.69, 9.17) is 0 Å². The smallest absolute Gasteiger partial charge is 0.0500 e. The lowest BCUT2D eigenvalue weighted by Crippen LogP contribution is -2.11. The molecule has 0 saturated heterocycles. The number of hydrogen-bond donors (Lipinski definition) is 0. The van der Waals surface area contributed by atoms with E-state index in [0.29, 0.717) is 0 Å². The molecule has 0 amide bonds. The molecule has 0 aliphatic carbocycles. The zero-order valence-corrected chi connectivity index (χ0v) is 10.7. The molecule has 2 aromatic rings. The minimum Gasteiger partial charge on any atom is -0.344 e. The molecule has 2 aromatic carbocycles. The minimum absolute atomic E-state index is 0.897. The number of rotatable bonds is 0. The van der Waals surface area contributed by atoms with Gasteiger partial charge < -0.3 is 4.90 Å². The monoisotopic (exact) mass is 236 g/mol. The average Bonchev–Trinajstić information content (AvgIpc) is 2.55. The average molecular weight is 236 g/mol. The molecule has 1 aliphatic rings. The quantitative estimate of drug-likeness (QED) is 0.684. The molecule has 0 saturated carbocycles. The molecule has 90 valence electrons. The summed E-state index contributed by atoms with van der Waals surface area (Å²) >= 11 is 0. The molecule has 0 unspecified atom stereocenters. The lowest BCUT2D eigenvalue weighted by Gasteiger charge is -2.21. The van der Waals surface area contributed by atoms with Crippen molar-refractivity contribution >= 4 is 17.1 Å². The van der Waals surface area contributed by atoms with Gasteiger partial charge in [-0.2, -0.15) is 0 Å². The summed E-state index contributed by atoms with van der Waals surface area (Å²) in [4.78, 5) is 6.72. The maximum absolute atomic E-state index is 4.47. The molecule has 1 heterocycles. The van der Waals surface area contributed by atoms with Crippen molar-refractivity contribution < 1.29 is 0 Å². The third kappa shape index (κ3) is 1.61. The minimum atomic E-state index is 0.897. The first-order chi connectivity index (χ1) is 8.81. The summed E-state index contributed by atoms with van der Waals surface area (Å²) in [5.74, 6) is 0. The Bertz CT molecular complexity index is 614. The molecule has 0 spiro atoms. The number of fused-ring (bicyclic) bond motifs is 2. The van der Waals surface area contributed by atoms with E-state index in [1.54, 1.807) is 0 Å². The molecule has 0 N–H and O–H groups in total. The number of benzene rings is 2. The summed E-state index contributed by atoms with van der Waals surface area (Å²) in [7, 11) is 4.00. The predicted octanol–water partition coefficient (Wildman–Crippen LogP) is 3.43. The summed E-state index contributed by atoms with van der Waals surface area (Å²) in [6, 6.07) is 17.0. The first kappa shape index (κ1) is 11.0. The maximum atomic E-state index is 4.47. The second-order valence-corrected chi connectivity index (χ2v) is 4.55. The topological polar surface area (TPSA) is 15.6 Å². The molecular weight excluding hydrogens is 220 g/mol. The van der Waals surface area contributed by atoms with Gasteiger partial charge in [0.15, 0.2) is 0 Å². The third-order valence-corrected chi connectivity index (χ3v) is 3.56. The third-order valence-electron chi connectivity index (χ3n) is 3.56. The lowest BCUT2D eigenvalue weighted by atomic mass is 10.0. The number of hydrogen-bond acceptors (Lipinski definition) is 2. The lowest BCUT2D eigenvalue weighted by molar-refractivity contribution is 1.19. The van der Waals surface area contributed by atoms with Crippen molar-refractivity contribution in [2.45, 2.75) is 6.42 Å². The van der Waals surface area contributed by atoms with Crippen LogP contribution < -0.4 is 4.90 Å². The Balaban J connectivity index is 2.28. The molecule has 0 bridgehead atoms. The highest BCUT2D eigenvalue weighted by Gasteiger charge is 2.20. The largest absolute Gasteiger partial charge is 0.344 e. The van der Waals surface area contributed by atoms with Crippen LogP contribution in [0.4, 0.5) is 11.4 Å². The fourth-order valence-electron chi connectivity index (χ4n) is 2.60. The molecule has 0 atom stereocenters. The van der Waals surface area contributed by atoms with Gasteiger partial charge in [-0.15, -0.1) is 0 Å². The molecular formula is C16H16N2. The van der Waals surface area contributed by atoms with E-state index in [0.717, 1.165) is 12.1 Å². The van der Waals surface area contributed by atoms with E-state index >= 15 is 0 Å². The fourth-order valence-corrected chi connectivity index (χ4v) is 2.60. The van der Waals surface area contributed by atoms with Gasteiger partial charge in [0.1, 0.15) is 0 Å². The predicted molar refractivity (Wildman–Crippen MR) is 77.1 cm³/mol. The molecule has 18 heavy (non-hydrogen) atoms. The van der Waals surface area contributed by atoms with Gasteiger partial charge in [-0.3, -0.25) is 4.99 Å². The Hall–Kier alpha value is -2.09. The highest BCUT2D eigenvalue weighted by molar-refractivity contribution is 6.08. The van der Waals surface area contributed by atoms with Crippen LogP contribution in [-0.2, 0) is 6.42 Å². The van der Waals surface area contributed by atoms with Crippen molar-refractivity contribution in [3.63, 3.8) is 0 Å². The molecule has 2 heteroatoms. The Morgan fingerprint density at radius 2 is 1.61 bits per heavy atom. The van der Waals surface area contributed by atoms with Crippen molar-refractivity contribution in [3.8, 4) is 0 Å². The summed E-state index contributed by atoms with van der Waals surface area (Å²) in [6.07, 6.45) is 0.897. The van der Waals surface area contributed by atoms with E-state index in [2.05, 4.69) is 65.5 Å². The van der Waals surface area contributed by atoms with Crippen LogP contribution >= 0.6 is 0 Å². The van der Waals surface area contributed by atoms with Crippen LogP contribution in [0, 0.1) is 0 Å². The maximum Gasteiger partial charge on any atom is 0.0500 e. The highest BCUT2D eigenvalue weighted by atomic mass is 15.1. The summed E-state index contributed by atoms with van der Waals surface area (Å²) in [5.41, 5.74) is 6.21. The Morgan fingerprint density at radius 1 is 0.944 bits per heavy atom. The van der Waals surface area contributed by atoms with Gasteiger partial charge in [0, 0.05) is 43.2 Å². The van der Waals surface area contributed by atoms with E-state index in [1.807, 2.05) is 7.05 Å². The molecule has 0 aromatic heterocycles. The number of para-hydroxylation sites is 2. The van der Waals surface area contributed by atoms with Crippen LogP contribution in [0.2, 0.25) is 0 Å². The van der Waals surface area contributed by atoms with Gasteiger partial charge >= 0.3 is 0 Å². The van der Waals surface area contributed by atoms with Gasteiger partial charge in [0.05, 0.1) is 0 Å². The fraction of sp³-hybridized carbons (Fsp3) is 0.188. The van der Waals surface area contributed by atoms with E-state index in [1.165, 1.54) is 22.5 Å². The Labute approximate surface area is 108 Å². The van der Waals surface area contributed by atoms with Crippen LogP contribution in [-0.4, -0.2) is 19.8 Å². The SMILES string of the molecule is CN=C1Cc2ccccc2N(C)c2ccccc21. The first-order valence-corrected chi connectivity index (χ1v) is 6.18. The van der Waals surface area contributed by atoms with Gasteiger partial charge in [0.25, 0.3) is 0 Å². The summed E-state index contributed by atoms with van der Waals surface area (Å²) in [6.45, 7) is 0. The zero-order valence-electron chi connectivity index (χ0n) is 10.7. The molecule has 1 aliphatic heterocycles. The summed E-state index contributed by atoms with van der Waals surface area (Å²) < 4.78 is 0. The van der Waals surface area contributed by atoms with Crippen molar-refractivity contribution in [1.29, 1.82) is 0 Å². The molecule has 0 fully saturated rings. The second-order valence-electron chi connectivity index (χ2n) is 4.55. The van der Waals surface area contributed by atoms with Gasteiger partial charge in [-0.05, 0) is 17.7 Å². The van der Waals surface area contributed by atoms with Crippen molar-refractivity contribution in [3.05, 3.63) is 59.7 Å². The zero-order chi connectivity index (χ0) is 12.5. The van der Waals surface area contributed by atoms with Gasteiger partial charge in [0.2, 0.25) is 0 Å². The Morgan fingerprint density at radius 3 is 2.39 bits per heavy atom. The van der Waals surface area contributed by atoms with Gasteiger partial charge in [-0.1, -0.05) is 36.4 Å². The highest BCUT2D eigenvalue weighted by Crippen LogP contribution is 2.34. The van der Waals surface area contributed by atoms with E-state index in [-0.39, 0.29) is 0 Å². The van der Waals surface area contributed by atoms with Crippen LogP contribution in [0.15, 0.2) is 53.5 Å². The van der Waals surface area contributed by atoms with E-state index in [9.17, 15) is 0 Å². The normalized spacial score (nSPS) is 16.1. The van der Waals surface area contributed by atoms with Crippen molar-refractivity contribution in [2.75, 3.05) is 19.0 Å². The number of aliphatic imine (C=N–C) groups is 1. The second kappa shape index (κ2) is 4.30. The Kier molecular flexibility index (Phi) is 2.63. The van der Waals surface area contributed by atoms with Crippen molar-refractivity contribution in [1.82, 2.24) is 0 Å².